The van der Waals surface area contributed by atoms with Crippen molar-refractivity contribution < 1.29 is 27.1 Å². The van der Waals surface area contributed by atoms with Crippen LogP contribution in [0.1, 0.15) is 60.5 Å². The van der Waals surface area contributed by atoms with Crippen LogP contribution in [0.3, 0.4) is 0 Å². The number of nitrogens with zero attached hydrogens (tertiary/aromatic N) is 1. The molecule has 0 radical (unpaired) electrons. The molecule has 0 N–H and O–H groups in total. The highest BCUT2D eigenvalue weighted by Crippen LogP contribution is 2.43. The van der Waals surface area contributed by atoms with Gasteiger partial charge < -0.3 is 9.15 Å². The summed E-state index contributed by atoms with van der Waals surface area (Å²) in [6.07, 6.45) is -0.967. The molecule has 3 rings (SSSR count). The molecule has 2 aromatic rings. The number of halogens is 3. The zero-order valence-corrected chi connectivity index (χ0v) is 13.7. The average Bonchev–Trinajstić information content (AvgIpc) is 3.23. The number of esters is 1. The minimum Gasteiger partial charge on any atom is -0.459 e. The molecule has 0 aliphatic heterocycles. The largest absolute Gasteiger partial charge is 0.459 e. The highest BCUT2D eigenvalue weighted by molar-refractivity contribution is 5.85. The Labute approximate surface area is 143 Å². The molecule has 0 bridgehead atoms. The van der Waals surface area contributed by atoms with E-state index in [0.29, 0.717) is 5.76 Å². The molecule has 0 amide bonds. The number of hydrogen-bond donors (Lipinski definition) is 0. The highest BCUT2D eigenvalue weighted by atomic mass is 19.4. The number of carbonyl (C=O) groups is 1. The fourth-order valence-electron chi connectivity index (χ4n) is 3.21. The van der Waals surface area contributed by atoms with Crippen LogP contribution in [0.15, 0.2) is 28.7 Å². The van der Waals surface area contributed by atoms with E-state index in [1.54, 1.807) is 6.92 Å². The monoisotopic (exact) mass is 353 g/mol. The van der Waals surface area contributed by atoms with Crippen LogP contribution < -0.4 is 0 Å². The van der Waals surface area contributed by atoms with Gasteiger partial charge in [-0.05, 0) is 25.8 Å². The normalized spacial score (nSPS) is 15.5. The summed E-state index contributed by atoms with van der Waals surface area (Å²) in [5.41, 5.74) is -0.781. The maximum atomic E-state index is 13.4. The van der Waals surface area contributed by atoms with Crippen molar-refractivity contribution in [2.45, 2.75) is 44.7 Å². The summed E-state index contributed by atoms with van der Waals surface area (Å²) in [5, 5.41) is 0. The molecule has 1 heterocycles. The first-order valence-corrected chi connectivity index (χ1v) is 8.26. The van der Waals surface area contributed by atoms with Crippen LogP contribution in [-0.2, 0) is 10.9 Å². The fraction of sp³-hybridized carbons (Fsp3) is 0.444. The third-order valence-electron chi connectivity index (χ3n) is 4.32. The average molecular weight is 353 g/mol. The van der Waals surface area contributed by atoms with Crippen molar-refractivity contribution >= 4 is 5.97 Å². The minimum absolute atomic E-state index is 0.0352. The third-order valence-corrected chi connectivity index (χ3v) is 4.32. The molecule has 1 saturated carbocycles. The van der Waals surface area contributed by atoms with Crippen molar-refractivity contribution in [2.24, 2.45) is 0 Å². The molecule has 0 spiro atoms. The van der Waals surface area contributed by atoms with Gasteiger partial charge in [0.2, 0.25) is 0 Å². The molecule has 0 atom stereocenters. The van der Waals surface area contributed by atoms with E-state index in [-0.39, 0.29) is 29.7 Å². The Morgan fingerprint density at radius 1 is 1.28 bits per heavy atom. The molecule has 1 fully saturated rings. The Bertz CT molecular complexity index is 761. The Morgan fingerprint density at radius 3 is 2.60 bits per heavy atom. The smallest absolute Gasteiger partial charge is 0.417 e. The molecule has 1 aliphatic carbocycles. The molecule has 1 aliphatic rings. The van der Waals surface area contributed by atoms with Gasteiger partial charge in [-0.2, -0.15) is 13.2 Å². The van der Waals surface area contributed by atoms with E-state index in [2.05, 4.69) is 4.98 Å². The Morgan fingerprint density at radius 2 is 1.96 bits per heavy atom. The standard InChI is InChI=1S/C18H18F3NO3/c1-2-24-17(23)16-22-14(15(25-16)11-7-3-4-8-11)12-9-5-6-10-13(12)18(19,20)21/h5-6,9-11H,2-4,7-8H2,1H3. The first-order chi connectivity index (χ1) is 11.9. The van der Waals surface area contributed by atoms with Gasteiger partial charge in [-0.1, -0.05) is 31.0 Å². The summed E-state index contributed by atoms with van der Waals surface area (Å²) >= 11 is 0. The molecular weight excluding hydrogens is 335 g/mol. The van der Waals surface area contributed by atoms with E-state index < -0.39 is 17.7 Å². The second-order valence-corrected chi connectivity index (χ2v) is 5.98. The summed E-state index contributed by atoms with van der Waals surface area (Å²) in [5.74, 6) is -0.752. The second kappa shape index (κ2) is 6.90. The molecule has 0 unspecified atom stereocenters. The van der Waals surface area contributed by atoms with E-state index in [1.165, 1.54) is 18.2 Å². The lowest BCUT2D eigenvalue weighted by atomic mass is 9.97. The number of benzene rings is 1. The van der Waals surface area contributed by atoms with E-state index in [9.17, 15) is 18.0 Å². The summed E-state index contributed by atoms with van der Waals surface area (Å²) in [7, 11) is 0. The van der Waals surface area contributed by atoms with Gasteiger partial charge in [-0.15, -0.1) is 0 Å². The van der Waals surface area contributed by atoms with E-state index in [0.717, 1.165) is 31.7 Å². The van der Waals surface area contributed by atoms with Gasteiger partial charge in [0.25, 0.3) is 0 Å². The van der Waals surface area contributed by atoms with Gasteiger partial charge in [0.05, 0.1) is 12.2 Å². The zero-order chi connectivity index (χ0) is 18.0. The van der Waals surface area contributed by atoms with Crippen LogP contribution in [0.2, 0.25) is 0 Å². The summed E-state index contributed by atoms with van der Waals surface area (Å²) in [6.45, 7) is 1.77. The summed E-state index contributed by atoms with van der Waals surface area (Å²) < 4.78 is 50.6. The van der Waals surface area contributed by atoms with Gasteiger partial charge in [0, 0.05) is 11.5 Å². The van der Waals surface area contributed by atoms with E-state index >= 15 is 0 Å². The molecule has 1 aromatic heterocycles. The number of alkyl halides is 3. The van der Waals surface area contributed by atoms with Crippen molar-refractivity contribution in [3.8, 4) is 11.3 Å². The topological polar surface area (TPSA) is 52.3 Å². The van der Waals surface area contributed by atoms with Crippen molar-refractivity contribution in [3.63, 3.8) is 0 Å². The van der Waals surface area contributed by atoms with Crippen LogP contribution in [0, 0.1) is 0 Å². The van der Waals surface area contributed by atoms with E-state index in [4.69, 9.17) is 9.15 Å². The van der Waals surface area contributed by atoms with Crippen LogP contribution in [0.25, 0.3) is 11.3 Å². The number of hydrogen-bond acceptors (Lipinski definition) is 4. The Hall–Kier alpha value is -2.31. The van der Waals surface area contributed by atoms with E-state index in [1.807, 2.05) is 0 Å². The minimum atomic E-state index is -4.52. The van der Waals surface area contributed by atoms with Crippen molar-refractivity contribution in [3.05, 3.63) is 41.5 Å². The molecule has 7 heteroatoms. The van der Waals surface area contributed by atoms with Gasteiger partial charge in [-0.25, -0.2) is 9.78 Å². The first-order valence-electron chi connectivity index (χ1n) is 8.26. The van der Waals surface area contributed by atoms with Gasteiger partial charge >= 0.3 is 18.0 Å². The lowest BCUT2D eigenvalue weighted by molar-refractivity contribution is -0.137. The van der Waals surface area contributed by atoms with Crippen molar-refractivity contribution in [2.75, 3.05) is 6.61 Å². The Balaban J connectivity index is 2.13. The quantitative estimate of drug-likeness (QED) is 0.710. The molecule has 1 aromatic carbocycles. The number of aromatic nitrogens is 1. The van der Waals surface area contributed by atoms with Crippen LogP contribution >= 0.6 is 0 Å². The van der Waals surface area contributed by atoms with Crippen LogP contribution in [-0.4, -0.2) is 17.6 Å². The van der Waals surface area contributed by atoms with Gasteiger partial charge in [0.15, 0.2) is 0 Å². The predicted molar refractivity (Wildman–Crippen MR) is 84.1 cm³/mol. The summed E-state index contributed by atoms with van der Waals surface area (Å²) in [6, 6.07) is 5.20. The molecule has 25 heavy (non-hydrogen) atoms. The van der Waals surface area contributed by atoms with Crippen molar-refractivity contribution in [1.82, 2.24) is 4.98 Å². The van der Waals surface area contributed by atoms with Gasteiger partial charge in [0.1, 0.15) is 11.5 Å². The number of carbonyl (C=O) groups excluding carboxylic acids is 1. The predicted octanol–water partition coefficient (Wildman–Crippen LogP) is 5.19. The second-order valence-electron chi connectivity index (χ2n) is 5.98. The zero-order valence-electron chi connectivity index (χ0n) is 13.7. The highest BCUT2D eigenvalue weighted by Gasteiger charge is 2.36. The molecule has 134 valence electrons. The number of rotatable bonds is 4. The molecule has 4 nitrogen and oxygen atoms in total. The Kier molecular flexibility index (Phi) is 4.83. The summed E-state index contributed by atoms with van der Waals surface area (Å²) in [4.78, 5) is 16.0. The fourth-order valence-corrected chi connectivity index (χ4v) is 3.21. The molecular formula is C18H18F3NO3. The first kappa shape index (κ1) is 17.5. The SMILES string of the molecule is CCOC(=O)c1nc(-c2ccccc2C(F)(F)F)c(C2CCCC2)o1. The van der Waals surface area contributed by atoms with Crippen LogP contribution in [0.4, 0.5) is 13.2 Å². The van der Waals surface area contributed by atoms with Gasteiger partial charge in [-0.3, -0.25) is 0 Å². The maximum Gasteiger partial charge on any atom is 0.417 e. The lowest BCUT2D eigenvalue weighted by Gasteiger charge is -2.13. The maximum absolute atomic E-state index is 13.4. The molecule has 0 saturated heterocycles. The van der Waals surface area contributed by atoms with Crippen molar-refractivity contribution in [1.29, 1.82) is 0 Å². The third kappa shape index (κ3) is 3.55. The number of oxazole rings is 1. The van der Waals surface area contributed by atoms with Crippen LogP contribution in [0.5, 0.6) is 0 Å². The lowest BCUT2D eigenvalue weighted by Crippen LogP contribution is -2.08. The number of ether oxygens (including phenoxy) is 1.